The summed E-state index contributed by atoms with van der Waals surface area (Å²) in [7, 11) is 0. The van der Waals surface area contributed by atoms with Crippen LogP contribution < -0.4 is 0 Å². The quantitative estimate of drug-likeness (QED) is 0.907. The molecule has 0 spiro atoms. The highest BCUT2D eigenvalue weighted by molar-refractivity contribution is 6.31. The molecule has 0 bridgehead atoms. The zero-order valence-corrected chi connectivity index (χ0v) is 10.8. The molecule has 1 N–H and O–H groups in total. The molecule has 0 saturated heterocycles. The third kappa shape index (κ3) is 2.23. The Kier molecular flexibility index (Phi) is 3.01. The van der Waals surface area contributed by atoms with E-state index >= 15 is 0 Å². The van der Waals surface area contributed by atoms with Gasteiger partial charge in [0.2, 0.25) is 0 Å². The van der Waals surface area contributed by atoms with Crippen molar-refractivity contribution >= 4 is 17.6 Å². The summed E-state index contributed by atoms with van der Waals surface area (Å²) in [5.41, 5.74) is 4.00. The van der Waals surface area contributed by atoms with E-state index in [4.69, 9.17) is 16.3 Å². The number of rotatable bonds is 2. The van der Waals surface area contributed by atoms with Crippen LogP contribution in [0.4, 0.5) is 0 Å². The molecule has 2 aromatic rings. The van der Waals surface area contributed by atoms with Crippen molar-refractivity contribution in [3.05, 3.63) is 58.1 Å². The van der Waals surface area contributed by atoms with Gasteiger partial charge in [0.1, 0.15) is 0 Å². The van der Waals surface area contributed by atoms with Crippen LogP contribution in [-0.4, -0.2) is 11.1 Å². The maximum absolute atomic E-state index is 11.3. The molecule has 0 unspecified atom stereocenters. The van der Waals surface area contributed by atoms with E-state index in [1.54, 1.807) is 12.1 Å². The molecule has 1 heterocycles. The second-order valence-corrected chi connectivity index (χ2v) is 4.91. The van der Waals surface area contributed by atoms with Crippen molar-refractivity contribution in [3.8, 4) is 11.1 Å². The minimum Gasteiger partial charge on any atom is -0.478 e. The average molecular weight is 275 g/mol. The molecule has 0 amide bonds. The van der Waals surface area contributed by atoms with E-state index in [0.717, 1.165) is 16.7 Å². The van der Waals surface area contributed by atoms with Crippen molar-refractivity contribution in [2.45, 2.75) is 13.2 Å². The Morgan fingerprint density at radius 1 is 1.11 bits per heavy atom. The smallest absolute Gasteiger partial charge is 0.336 e. The average Bonchev–Trinajstić information content (AvgIpc) is 2.85. The molecule has 0 aliphatic carbocycles. The molecule has 0 atom stereocenters. The van der Waals surface area contributed by atoms with Crippen molar-refractivity contribution in [3.63, 3.8) is 0 Å². The first-order valence-electron chi connectivity index (χ1n) is 5.88. The van der Waals surface area contributed by atoms with Crippen LogP contribution in [0.15, 0.2) is 36.4 Å². The van der Waals surface area contributed by atoms with E-state index in [2.05, 4.69) is 0 Å². The van der Waals surface area contributed by atoms with Gasteiger partial charge in [0, 0.05) is 5.02 Å². The number of aromatic carboxylic acids is 1. The van der Waals surface area contributed by atoms with Gasteiger partial charge in [0.05, 0.1) is 18.8 Å². The van der Waals surface area contributed by atoms with Crippen molar-refractivity contribution in [2.75, 3.05) is 0 Å². The van der Waals surface area contributed by atoms with Crippen molar-refractivity contribution in [1.82, 2.24) is 0 Å². The summed E-state index contributed by atoms with van der Waals surface area (Å²) in [6, 6.07) is 10.7. The Bertz CT molecular complexity index is 664. The predicted octanol–water partition coefficient (Wildman–Crippen LogP) is 3.74. The number of carboxylic acids is 1. The Morgan fingerprint density at radius 2 is 1.89 bits per heavy atom. The van der Waals surface area contributed by atoms with Crippen LogP contribution in [0.3, 0.4) is 0 Å². The normalized spacial score (nSPS) is 13.3. The molecular weight excluding hydrogens is 264 g/mol. The summed E-state index contributed by atoms with van der Waals surface area (Å²) >= 11 is 5.97. The maximum atomic E-state index is 11.3. The van der Waals surface area contributed by atoms with E-state index in [-0.39, 0.29) is 5.56 Å². The molecule has 3 nitrogen and oxygen atoms in total. The van der Waals surface area contributed by atoms with Crippen LogP contribution in [-0.2, 0) is 18.0 Å². The molecule has 0 aromatic heterocycles. The van der Waals surface area contributed by atoms with Gasteiger partial charge >= 0.3 is 5.97 Å². The Balaban J connectivity index is 2.16. The lowest BCUT2D eigenvalue weighted by Crippen LogP contribution is -1.99. The van der Waals surface area contributed by atoms with Gasteiger partial charge in [-0.1, -0.05) is 23.7 Å². The van der Waals surface area contributed by atoms with E-state index in [9.17, 15) is 9.90 Å². The number of fused-ring (bicyclic) bond motifs is 1. The number of halogens is 1. The Labute approximate surface area is 115 Å². The summed E-state index contributed by atoms with van der Waals surface area (Å²) < 4.78 is 5.36. The highest BCUT2D eigenvalue weighted by Gasteiger charge is 2.16. The first kappa shape index (κ1) is 12.2. The lowest BCUT2D eigenvalue weighted by atomic mass is 9.96. The van der Waals surface area contributed by atoms with Gasteiger partial charge < -0.3 is 9.84 Å². The summed E-state index contributed by atoms with van der Waals surface area (Å²) in [5.74, 6) is -0.955. The van der Waals surface area contributed by atoms with Crippen LogP contribution in [0.2, 0.25) is 5.02 Å². The standard InChI is InChI=1S/C15H11ClO3/c16-12-3-4-13(15(17)18)14(6-12)9-1-2-10-7-19-8-11(10)5-9/h1-6H,7-8H2,(H,17,18). The van der Waals surface area contributed by atoms with Crippen molar-refractivity contribution < 1.29 is 14.6 Å². The summed E-state index contributed by atoms with van der Waals surface area (Å²) in [4.78, 5) is 11.3. The van der Waals surface area contributed by atoms with Crippen molar-refractivity contribution in [2.24, 2.45) is 0 Å². The fourth-order valence-corrected chi connectivity index (χ4v) is 2.45. The molecule has 1 aliphatic rings. The largest absolute Gasteiger partial charge is 0.478 e. The Hall–Kier alpha value is -1.84. The third-order valence-electron chi connectivity index (χ3n) is 3.24. The lowest BCUT2D eigenvalue weighted by Gasteiger charge is -2.08. The molecule has 3 rings (SSSR count). The van der Waals surface area contributed by atoms with Crippen LogP contribution in [0.5, 0.6) is 0 Å². The highest BCUT2D eigenvalue weighted by atomic mass is 35.5. The molecule has 0 saturated carbocycles. The molecule has 0 fully saturated rings. The monoisotopic (exact) mass is 274 g/mol. The number of carbonyl (C=O) groups is 1. The van der Waals surface area contributed by atoms with Gasteiger partial charge in [-0.3, -0.25) is 0 Å². The zero-order valence-electron chi connectivity index (χ0n) is 10.0. The van der Waals surface area contributed by atoms with Crippen LogP contribution in [0.1, 0.15) is 21.5 Å². The van der Waals surface area contributed by atoms with E-state index < -0.39 is 5.97 Å². The molecule has 4 heteroatoms. The molecular formula is C15H11ClO3. The number of hydrogen-bond acceptors (Lipinski definition) is 2. The molecule has 1 aliphatic heterocycles. The third-order valence-corrected chi connectivity index (χ3v) is 3.48. The van der Waals surface area contributed by atoms with Gasteiger partial charge in [-0.05, 0) is 46.5 Å². The molecule has 96 valence electrons. The summed E-state index contributed by atoms with van der Waals surface area (Å²) in [6.07, 6.45) is 0. The van der Waals surface area contributed by atoms with E-state index in [1.165, 1.54) is 6.07 Å². The zero-order chi connectivity index (χ0) is 13.4. The van der Waals surface area contributed by atoms with E-state index in [0.29, 0.717) is 23.8 Å². The minimum absolute atomic E-state index is 0.253. The molecule has 2 aromatic carbocycles. The van der Waals surface area contributed by atoms with Gasteiger partial charge in [0.25, 0.3) is 0 Å². The van der Waals surface area contributed by atoms with Crippen molar-refractivity contribution in [1.29, 1.82) is 0 Å². The predicted molar refractivity (Wildman–Crippen MR) is 72.3 cm³/mol. The number of carboxylic acid groups (broad SMARTS) is 1. The Morgan fingerprint density at radius 3 is 2.68 bits per heavy atom. The first-order valence-corrected chi connectivity index (χ1v) is 6.26. The van der Waals surface area contributed by atoms with E-state index in [1.807, 2.05) is 18.2 Å². The van der Waals surface area contributed by atoms with Gasteiger partial charge in [-0.25, -0.2) is 4.79 Å². The second-order valence-electron chi connectivity index (χ2n) is 4.47. The van der Waals surface area contributed by atoms with Crippen LogP contribution in [0, 0.1) is 0 Å². The van der Waals surface area contributed by atoms with Gasteiger partial charge in [-0.2, -0.15) is 0 Å². The second kappa shape index (κ2) is 4.68. The minimum atomic E-state index is -0.955. The van der Waals surface area contributed by atoms with Crippen LogP contribution in [0.25, 0.3) is 11.1 Å². The van der Waals surface area contributed by atoms with Gasteiger partial charge in [0.15, 0.2) is 0 Å². The summed E-state index contributed by atoms with van der Waals surface area (Å²) in [6.45, 7) is 1.20. The highest BCUT2D eigenvalue weighted by Crippen LogP contribution is 2.31. The number of ether oxygens (including phenoxy) is 1. The fraction of sp³-hybridized carbons (Fsp3) is 0.133. The number of benzene rings is 2. The SMILES string of the molecule is O=C(O)c1ccc(Cl)cc1-c1ccc2c(c1)COC2. The maximum Gasteiger partial charge on any atom is 0.336 e. The van der Waals surface area contributed by atoms with Gasteiger partial charge in [-0.15, -0.1) is 0 Å². The lowest BCUT2D eigenvalue weighted by molar-refractivity contribution is 0.0698. The topological polar surface area (TPSA) is 46.5 Å². The van der Waals surface area contributed by atoms with Crippen LogP contribution >= 0.6 is 11.6 Å². The number of hydrogen-bond donors (Lipinski definition) is 1. The molecule has 19 heavy (non-hydrogen) atoms. The molecule has 0 radical (unpaired) electrons. The fourth-order valence-electron chi connectivity index (χ4n) is 2.28. The first-order chi connectivity index (χ1) is 9.15. The summed E-state index contributed by atoms with van der Waals surface area (Å²) in [5, 5.41) is 9.77.